The summed E-state index contributed by atoms with van der Waals surface area (Å²) >= 11 is 0. The minimum atomic E-state index is -1.87. The number of anilines is 1. The average molecular weight is 357 g/mol. The van der Waals surface area contributed by atoms with E-state index in [4.69, 9.17) is 4.74 Å². The van der Waals surface area contributed by atoms with Gasteiger partial charge in [-0.15, -0.1) is 0 Å². The summed E-state index contributed by atoms with van der Waals surface area (Å²) in [6.07, 6.45) is 1.72. The number of hydrogen-bond donors (Lipinski definition) is 2. The van der Waals surface area contributed by atoms with Crippen LogP contribution in [0.2, 0.25) is 0 Å². The zero-order chi connectivity index (χ0) is 18.9. The number of carbonyl (C=O) groups excluding carboxylic acids is 1. The number of benzene rings is 3. The fourth-order valence-corrected chi connectivity index (χ4v) is 3.13. The van der Waals surface area contributed by atoms with Crippen LogP contribution in [-0.2, 0) is 15.3 Å². The molecule has 134 valence electrons. The first kappa shape index (κ1) is 17.1. The van der Waals surface area contributed by atoms with Crippen molar-refractivity contribution in [3.63, 3.8) is 0 Å². The van der Waals surface area contributed by atoms with Gasteiger partial charge in [-0.25, -0.2) is 4.79 Å². The molecule has 1 aliphatic heterocycles. The topological polar surface area (TPSA) is 58.6 Å². The maximum Gasteiger partial charge on any atom is 0.357 e. The number of aliphatic hydroxyl groups is 1. The largest absolute Gasteiger partial charge is 0.419 e. The van der Waals surface area contributed by atoms with Gasteiger partial charge >= 0.3 is 5.97 Å². The Balaban J connectivity index is 1.83. The number of carbonyl (C=O) groups is 1. The normalized spacial score (nSPS) is 20.4. The standard InChI is InChI=1S/C23H19NO3/c1-16-11-13-17(14-12-16)15-21-22(25)27-23(26,18-7-3-2-4-8-18)19-9-5-6-10-20(19)24-21/h2-15,24,26H,1H3/b21-15+/t23-/m0/s1. The first-order chi connectivity index (χ1) is 13.1. The number of aryl methyl sites for hydroxylation is 1. The van der Waals surface area contributed by atoms with E-state index in [9.17, 15) is 9.90 Å². The van der Waals surface area contributed by atoms with E-state index in [2.05, 4.69) is 5.32 Å². The van der Waals surface area contributed by atoms with Crippen molar-refractivity contribution in [2.24, 2.45) is 0 Å². The smallest absolute Gasteiger partial charge is 0.357 e. The lowest BCUT2D eigenvalue weighted by atomic mass is 9.96. The molecule has 0 bridgehead atoms. The quantitative estimate of drug-likeness (QED) is 0.533. The Morgan fingerprint density at radius 1 is 0.926 bits per heavy atom. The first-order valence-corrected chi connectivity index (χ1v) is 8.72. The molecule has 0 fully saturated rings. The maximum absolute atomic E-state index is 12.8. The van der Waals surface area contributed by atoms with Crippen molar-refractivity contribution in [3.05, 3.63) is 107 Å². The van der Waals surface area contributed by atoms with Gasteiger partial charge in [-0.2, -0.15) is 0 Å². The number of rotatable bonds is 2. The Morgan fingerprint density at radius 3 is 2.33 bits per heavy atom. The SMILES string of the molecule is Cc1ccc(/C=C2/Nc3ccccc3[C@](O)(c3ccccc3)OC2=O)cc1. The van der Waals surface area contributed by atoms with Gasteiger partial charge in [-0.05, 0) is 30.7 Å². The van der Waals surface area contributed by atoms with Gasteiger partial charge in [-0.1, -0.05) is 72.3 Å². The highest BCUT2D eigenvalue weighted by atomic mass is 16.7. The third kappa shape index (κ3) is 3.23. The van der Waals surface area contributed by atoms with Gasteiger partial charge in [0.1, 0.15) is 5.70 Å². The lowest BCUT2D eigenvalue weighted by molar-refractivity contribution is -0.191. The van der Waals surface area contributed by atoms with Gasteiger partial charge in [0.15, 0.2) is 0 Å². The van der Waals surface area contributed by atoms with E-state index in [0.29, 0.717) is 16.8 Å². The molecule has 0 unspecified atom stereocenters. The van der Waals surface area contributed by atoms with Crippen molar-refractivity contribution in [2.75, 3.05) is 5.32 Å². The molecule has 1 atom stereocenters. The Bertz CT molecular complexity index is 1010. The zero-order valence-electron chi connectivity index (χ0n) is 14.8. The first-order valence-electron chi connectivity index (χ1n) is 8.72. The molecular formula is C23H19NO3. The molecule has 27 heavy (non-hydrogen) atoms. The molecule has 0 aliphatic carbocycles. The Morgan fingerprint density at radius 2 is 1.59 bits per heavy atom. The molecule has 0 aromatic heterocycles. The minimum Gasteiger partial charge on any atom is -0.419 e. The van der Waals surface area contributed by atoms with Crippen LogP contribution in [0.1, 0.15) is 22.3 Å². The van der Waals surface area contributed by atoms with Gasteiger partial charge in [-0.3, -0.25) is 0 Å². The van der Waals surface area contributed by atoms with Crippen molar-refractivity contribution in [1.82, 2.24) is 0 Å². The number of esters is 1. The molecule has 0 amide bonds. The summed E-state index contributed by atoms with van der Waals surface area (Å²) in [6.45, 7) is 2.01. The summed E-state index contributed by atoms with van der Waals surface area (Å²) in [5.74, 6) is -2.50. The summed E-state index contributed by atoms with van der Waals surface area (Å²) in [5.41, 5.74) is 3.85. The Hall–Kier alpha value is -3.37. The van der Waals surface area contributed by atoms with Crippen LogP contribution >= 0.6 is 0 Å². The second-order valence-electron chi connectivity index (χ2n) is 6.54. The molecular weight excluding hydrogens is 338 g/mol. The van der Waals surface area contributed by atoms with E-state index in [0.717, 1.165) is 11.1 Å². The molecule has 3 aromatic carbocycles. The number of fused-ring (bicyclic) bond motifs is 1. The molecule has 3 aromatic rings. The summed E-state index contributed by atoms with van der Waals surface area (Å²) in [6, 6.07) is 23.9. The summed E-state index contributed by atoms with van der Waals surface area (Å²) in [4.78, 5) is 12.8. The Labute approximate surface area is 157 Å². The maximum atomic E-state index is 12.8. The Kier molecular flexibility index (Phi) is 4.26. The monoisotopic (exact) mass is 357 g/mol. The van der Waals surface area contributed by atoms with E-state index in [1.807, 2.05) is 49.4 Å². The van der Waals surface area contributed by atoms with Crippen LogP contribution in [0.15, 0.2) is 84.6 Å². The summed E-state index contributed by atoms with van der Waals surface area (Å²) in [7, 11) is 0. The molecule has 0 saturated carbocycles. The van der Waals surface area contributed by atoms with Crippen molar-refractivity contribution in [3.8, 4) is 0 Å². The van der Waals surface area contributed by atoms with Crippen LogP contribution < -0.4 is 5.32 Å². The summed E-state index contributed by atoms with van der Waals surface area (Å²) in [5, 5.41) is 14.5. The highest BCUT2D eigenvalue weighted by Crippen LogP contribution is 2.39. The molecule has 4 heteroatoms. The van der Waals surface area contributed by atoms with E-state index < -0.39 is 11.8 Å². The van der Waals surface area contributed by atoms with Gasteiger partial charge in [0.25, 0.3) is 5.79 Å². The van der Waals surface area contributed by atoms with Crippen LogP contribution in [0.3, 0.4) is 0 Å². The van der Waals surface area contributed by atoms with Crippen molar-refractivity contribution in [2.45, 2.75) is 12.7 Å². The molecule has 0 spiro atoms. The van der Waals surface area contributed by atoms with Crippen LogP contribution in [0.5, 0.6) is 0 Å². The van der Waals surface area contributed by atoms with Crippen molar-refractivity contribution < 1.29 is 14.6 Å². The van der Waals surface area contributed by atoms with Gasteiger partial charge < -0.3 is 15.2 Å². The molecule has 4 rings (SSSR count). The number of hydrogen-bond acceptors (Lipinski definition) is 4. The second-order valence-corrected chi connectivity index (χ2v) is 6.54. The number of nitrogens with one attached hydrogen (secondary N) is 1. The molecule has 0 radical (unpaired) electrons. The fraction of sp³-hybridized carbons (Fsp3) is 0.0870. The van der Waals surface area contributed by atoms with E-state index >= 15 is 0 Å². The van der Waals surface area contributed by atoms with Crippen molar-refractivity contribution >= 4 is 17.7 Å². The highest BCUT2D eigenvalue weighted by Gasteiger charge is 2.41. The number of ether oxygens (including phenoxy) is 1. The minimum absolute atomic E-state index is 0.262. The molecule has 4 nitrogen and oxygen atoms in total. The zero-order valence-corrected chi connectivity index (χ0v) is 14.8. The highest BCUT2D eigenvalue weighted by molar-refractivity contribution is 5.98. The molecule has 2 N–H and O–H groups in total. The van der Waals surface area contributed by atoms with Crippen LogP contribution in [0.25, 0.3) is 6.08 Å². The third-order valence-electron chi connectivity index (χ3n) is 4.58. The lowest BCUT2D eigenvalue weighted by Crippen LogP contribution is -2.32. The average Bonchev–Trinajstić information content (AvgIpc) is 2.80. The van der Waals surface area contributed by atoms with Gasteiger partial charge in [0, 0.05) is 11.3 Å². The van der Waals surface area contributed by atoms with Gasteiger partial charge in [0.2, 0.25) is 0 Å². The molecule has 1 heterocycles. The van der Waals surface area contributed by atoms with E-state index in [1.165, 1.54) is 0 Å². The van der Waals surface area contributed by atoms with E-state index in [1.54, 1.807) is 42.5 Å². The molecule has 0 saturated heterocycles. The number of para-hydroxylation sites is 1. The summed E-state index contributed by atoms with van der Waals surface area (Å²) < 4.78 is 5.61. The van der Waals surface area contributed by atoms with Gasteiger partial charge in [0.05, 0.1) is 5.56 Å². The predicted octanol–water partition coefficient (Wildman–Crippen LogP) is 4.20. The van der Waals surface area contributed by atoms with E-state index in [-0.39, 0.29) is 5.70 Å². The second kappa shape index (κ2) is 6.74. The number of cyclic esters (lactones) is 1. The van der Waals surface area contributed by atoms with Crippen molar-refractivity contribution in [1.29, 1.82) is 0 Å². The lowest BCUT2D eigenvalue weighted by Gasteiger charge is -2.27. The predicted molar refractivity (Wildman–Crippen MR) is 105 cm³/mol. The molecule has 1 aliphatic rings. The fourth-order valence-electron chi connectivity index (χ4n) is 3.13. The van der Waals surface area contributed by atoms with Crippen LogP contribution in [0, 0.1) is 6.92 Å². The van der Waals surface area contributed by atoms with Crippen LogP contribution in [0.4, 0.5) is 5.69 Å². The third-order valence-corrected chi connectivity index (χ3v) is 4.58. The van der Waals surface area contributed by atoms with Crippen LogP contribution in [-0.4, -0.2) is 11.1 Å².